The van der Waals surface area contributed by atoms with E-state index in [0.717, 1.165) is 30.4 Å². The summed E-state index contributed by atoms with van der Waals surface area (Å²) in [6, 6.07) is 7.52. The molecule has 0 radical (unpaired) electrons. The minimum atomic E-state index is -0.305. The fourth-order valence-corrected chi connectivity index (χ4v) is 2.83. The highest BCUT2D eigenvalue weighted by molar-refractivity contribution is 9.10. The van der Waals surface area contributed by atoms with Crippen LogP contribution in [0.5, 0.6) is 0 Å². The Hall–Kier alpha value is -1.40. The van der Waals surface area contributed by atoms with Crippen LogP contribution in [0.1, 0.15) is 23.2 Å². The number of benzene rings is 1. The Balaban J connectivity index is 1.85. The quantitative estimate of drug-likeness (QED) is 0.863. The zero-order valence-corrected chi connectivity index (χ0v) is 12.7. The maximum Gasteiger partial charge on any atom is 0.252 e. The van der Waals surface area contributed by atoms with Crippen LogP contribution in [0.25, 0.3) is 0 Å². The molecule has 0 atom stereocenters. The Bertz CT molecular complexity index is 499. The first-order chi connectivity index (χ1) is 9.56. The van der Waals surface area contributed by atoms with Gasteiger partial charge in [-0.1, -0.05) is 12.1 Å². The average molecular weight is 340 g/mol. The zero-order valence-electron chi connectivity index (χ0n) is 11.1. The van der Waals surface area contributed by atoms with Crippen LogP contribution >= 0.6 is 15.9 Å². The van der Waals surface area contributed by atoms with E-state index in [1.807, 2.05) is 23.1 Å². The van der Waals surface area contributed by atoms with Crippen LogP contribution in [-0.4, -0.2) is 42.4 Å². The summed E-state index contributed by atoms with van der Waals surface area (Å²) in [6.07, 6.45) is 1.67. The molecule has 3 N–H and O–H groups in total. The van der Waals surface area contributed by atoms with Gasteiger partial charge in [0.25, 0.3) is 5.91 Å². The summed E-state index contributed by atoms with van der Waals surface area (Å²) < 4.78 is 0.795. The Kier molecular flexibility index (Phi) is 5.14. The Morgan fingerprint density at radius 3 is 2.55 bits per heavy atom. The van der Waals surface area contributed by atoms with Crippen molar-refractivity contribution in [1.82, 2.24) is 10.2 Å². The fourth-order valence-electron chi connectivity index (χ4n) is 2.36. The van der Waals surface area contributed by atoms with E-state index in [1.165, 1.54) is 0 Å². The highest BCUT2D eigenvalue weighted by Crippen LogP contribution is 2.17. The topological polar surface area (TPSA) is 75.4 Å². The van der Waals surface area contributed by atoms with Crippen LogP contribution in [0.2, 0.25) is 0 Å². The molecule has 1 saturated heterocycles. The van der Waals surface area contributed by atoms with E-state index in [9.17, 15) is 9.59 Å². The number of hydrogen-bond acceptors (Lipinski definition) is 3. The van der Waals surface area contributed by atoms with E-state index < -0.39 is 0 Å². The average Bonchev–Trinajstić information content (AvgIpc) is 2.41. The van der Waals surface area contributed by atoms with Crippen molar-refractivity contribution in [2.75, 3.05) is 19.6 Å². The van der Waals surface area contributed by atoms with Gasteiger partial charge in [-0.3, -0.25) is 14.5 Å². The molecule has 0 spiro atoms. The number of amides is 2. The van der Waals surface area contributed by atoms with Crippen molar-refractivity contribution in [2.45, 2.75) is 18.9 Å². The first-order valence-electron chi connectivity index (χ1n) is 6.62. The van der Waals surface area contributed by atoms with Gasteiger partial charge in [0.05, 0.1) is 12.1 Å². The van der Waals surface area contributed by atoms with E-state index >= 15 is 0 Å². The van der Waals surface area contributed by atoms with Crippen LogP contribution in [0.3, 0.4) is 0 Å². The summed E-state index contributed by atoms with van der Waals surface area (Å²) in [6.45, 7) is 1.86. The predicted molar refractivity (Wildman–Crippen MR) is 80.3 cm³/mol. The third-order valence-corrected chi connectivity index (χ3v) is 4.11. The van der Waals surface area contributed by atoms with Gasteiger partial charge in [0, 0.05) is 23.6 Å². The first kappa shape index (κ1) is 15.0. The van der Waals surface area contributed by atoms with Crippen LogP contribution < -0.4 is 11.1 Å². The summed E-state index contributed by atoms with van der Waals surface area (Å²) in [5, 5.41) is 3.04. The molecule has 0 unspecified atom stereocenters. The summed E-state index contributed by atoms with van der Waals surface area (Å²) in [7, 11) is 0. The second kappa shape index (κ2) is 6.85. The van der Waals surface area contributed by atoms with Crippen LogP contribution in [0, 0.1) is 0 Å². The van der Waals surface area contributed by atoms with Gasteiger partial charge in [0.1, 0.15) is 0 Å². The molecule has 0 saturated carbocycles. The molecular formula is C14H18BrN3O2. The number of nitrogens with two attached hydrogens (primary N) is 1. The first-order valence-corrected chi connectivity index (χ1v) is 7.41. The number of piperidine rings is 1. The monoisotopic (exact) mass is 339 g/mol. The van der Waals surface area contributed by atoms with E-state index in [4.69, 9.17) is 5.73 Å². The van der Waals surface area contributed by atoms with Crippen molar-refractivity contribution in [3.05, 3.63) is 34.3 Å². The SMILES string of the molecule is NC(=O)CN1CCC(NC(=O)c2ccccc2Br)CC1. The smallest absolute Gasteiger partial charge is 0.252 e. The van der Waals surface area contributed by atoms with Gasteiger partial charge in [-0.05, 0) is 40.9 Å². The number of nitrogens with zero attached hydrogens (tertiary/aromatic N) is 1. The molecule has 6 heteroatoms. The van der Waals surface area contributed by atoms with Crippen molar-refractivity contribution in [1.29, 1.82) is 0 Å². The molecule has 1 heterocycles. The van der Waals surface area contributed by atoms with Crippen LogP contribution in [-0.2, 0) is 4.79 Å². The summed E-state index contributed by atoms with van der Waals surface area (Å²) >= 11 is 3.38. The standard InChI is InChI=1S/C14H18BrN3O2/c15-12-4-2-1-3-11(12)14(20)17-10-5-7-18(8-6-10)9-13(16)19/h1-4,10H,5-9H2,(H2,16,19)(H,17,20). The fraction of sp³-hybridized carbons (Fsp3) is 0.429. The largest absolute Gasteiger partial charge is 0.369 e. The molecule has 0 bridgehead atoms. The van der Waals surface area contributed by atoms with Gasteiger partial charge in [0.2, 0.25) is 5.91 Å². The van der Waals surface area contributed by atoms with Gasteiger partial charge in [-0.15, -0.1) is 0 Å². The molecule has 108 valence electrons. The zero-order chi connectivity index (χ0) is 14.5. The Morgan fingerprint density at radius 2 is 1.95 bits per heavy atom. The molecule has 5 nitrogen and oxygen atoms in total. The maximum atomic E-state index is 12.2. The van der Waals surface area contributed by atoms with Gasteiger partial charge in [-0.2, -0.15) is 0 Å². The minimum absolute atomic E-state index is 0.0640. The molecule has 0 aliphatic carbocycles. The lowest BCUT2D eigenvalue weighted by Gasteiger charge is -2.31. The lowest BCUT2D eigenvalue weighted by molar-refractivity contribution is -0.119. The maximum absolute atomic E-state index is 12.2. The van der Waals surface area contributed by atoms with Gasteiger partial charge in [0.15, 0.2) is 0 Å². The van der Waals surface area contributed by atoms with Crippen molar-refractivity contribution >= 4 is 27.7 Å². The number of halogens is 1. The highest BCUT2D eigenvalue weighted by atomic mass is 79.9. The number of carbonyl (C=O) groups excluding carboxylic acids is 2. The summed E-state index contributed by atoms with van der Waals surface area (Å²) in [5.41, 5.74) is 5.82. The predicted octanol–water partition coefficient (Wildman–Crippen LogP) is 1.13. The van der Waals surface area contributed by atoms with E-state index in [0.29, 0.717) is 12.1 Å². The van der Waals surface area contributed by atoms with Crippen molar-refractivity contribution in [3.63, 3.8) is 0 Å². The summed E-state index contributed by atoms with van der Waals surface area (Å²) in [5.74, 6) is -0.369. The Labute approximate surface area is 126 Å². The normalized spacial score (nSPS) is 16.9. The van der Waals surface area contributed by atoms with Crippen molar-refractivity contribution in [2.24, 2.45) is 5.73 Å². The van der Waals surface area contributed by atoms with E-state index in [1.54, 1.807) is 6.07 Å². The molecule has 1 aliphatic heterocycles. The number of rotatable bonds is 4. The molecule has 2 rings (SSSR count). The van der Waals surface area contributed by atoms with Gasteiger partial charge < -0.3 is 11.1 Å². The molecule has 20 heavy (non-hydrogen) atoms. The number of likely N-dealkylation sites (tertiary alicyclic amines) is 1. The van der Waals surface area contributed by atoms with Gasteiger partial charge >= 0.3 is 0 Å². The summed E-state index contributed by atoms with van der Waals surface area (Å²) in [4.78, 5) is 25.0. The molecule has 0 aromatic heterocycles. The number of carbonyl (C=O) groups is 2. The van der Waals surface area contributed by atoms with E-state index in [2.05, 4.69) is 21.2 Å². The van der Waals surface area contributed by atoms with Crippen molar-refractivity contribution in [3.8, 4) is 0 Å². The molecule has 2 amide bonds. The van der Waals surface area contributed by atoms with Crippen LogP contribution in [0.15, 0.2) is 28.7 Å². The lowest BCUT2D eigenvalue weighted by Crippen LogP contribution is -2.46. The molecular weight excluding hydrogens is 322 g/mol. The highest BCUT2D eigenvalue weighted by Gasteiger charge is 2.22. The van der Waals surface area contributed by atoms with E-state index in [-0.39, 0.29) is 17.9 Å². The molecule has 1 aliphatic rings. The Morgan fingerprint density at radius 1 is 1.30 bits per heavy atom. The van der Waals surface area contributed by atoms with Crippen molar-refractivity contribution < 1.29 is 9.59 Å². The number of nitrogens with one attached hydrogen (secondary N) is 1. The third-order valence-electron chi connectivity index (χ3n) is 3.42. The second-order valence-electron chi connectivity index (χ2n) is 4.97. The minimum Gasteiger partial charge on any atom is -0.369 e. The molecule has 1 fully saturated rings. The van der Waals surface area contributed by atoms with Gasteiger partial charge in [-0.25, -0.2) is 0 Å². The second-order valence-corrected chi connectivity index (χ2v) is 5.82. The van der Waals surface area contributed by atoms with Crippen LogP contribution in [0.4, 0.5) is 0 Å². The lowest BCUT2D eigenvalue weighted by atomic mass is 10.0. The third kappa shape index (κ3) is 4.05. The number of hydrogen-bond donors (Lipinski definition) is 2. The molecule has 1 aromatic carbocycles. The number of primary amides is 1. The molecule has 1 aromatic rings.